The molecule has 1 unspecified atom stereocenters. The average molecular weight is 201 g/mol. The number of nitrogens with zero attached hydrogens (tertiary/aromatic N) is 1. The fraction of sp³-hybridized carbons (Fsp3) is 0.250. The van der Waals surface area contributed by atoms with Gasteiger partial charge in [0.2, 0.25) is 0 Å². The van der Waals surface area contributed by atoms with Crippen LogP contribution in [0.2, 0.25) is 5.02 Å². The number of nitrogens with one attached hydrogen (secondary N) is 1. The normalized spacial score (nSPS) is 12.2. The fourth-order valence-electron chi connectivity index (χ4n) is 0.759. The average Bonchev–Trinajstić information content (AvgIpc) is 2.08. The number of carboxylic acid groups (broad SMARTS) is 1. The van der Waals surface area contributed by atoms with E-state index in [1.54, 1.807) is 18.3 Å². The molecule has 70 valence electrons. The Morgan fingerprint density at radius 1 is 1.77 bits per heavy atom. The van der Waals surface area contributed by atoms with Crippen LogP contribution in [0.15, 0.2) is 18.3 Å². The molecule has 0 fully saturated rings. The second-order valence-electron chi connectivity index (χ2n) is 2.54. The summed E-state index contributed by atoms with van der Waals surface area (Å²) < 4.78 is 0. The summed E-state index contributed by atoms with van der Waals surface area (Å²) in [7, 11) is 0. The van der Waals surface area contributed by atoms with E-state index in [-0.39, 0.29) is 0 Å². The number of anilines is 1. The van der Waals surface area contributed by atoms with E-state index in [1.807, 2.05) is 0 Å². The van der Waals surface area contributed by atoms with Crippen LogP contribution in [0.3, 0.4) is 0 Å². The number of hydrogen-bond donors (Lipinski definition) is 2. The van der Waals surface area contributed by atoms with E-state index in [2.05, 4.69) is 10.3 Å². The first-order valence-electron chi connectivity index (χ1n) is 3.71. The zero-order valence-electron chi connectivity index (χ0n) is 6.99. The van der Waals surface area contributed by atoms with E-state index >= 15 is 0 Å². The van der Waals surface area contributed by atoms with Crippen LogP contribution in [-0.2, 0) is 4.79 Å². The highest BCUT2D eigenvalue weighted by Gasteiger charge is 2.11. The smallest absolute Gasteiger partial charge is 0.325 e. The summed E-state index contributed by atoms with van der Waals surface area (Å²) in [5, 5.41) is 11.7. The van der Waals surface area contributed by atoms with Crippen molar-refractivity contribution in [2.75, 3.05) is 5.32 Å². The third-order valence-electron chi connectivity index (χ3n) is 1.48. The maximum absolute atomic E-state index is 10.5. The maximum Gasteiger partial charge on any atom is 0.325 e. The first kappa shape index (κ1) is 9.80. The van der Waals surface area contributed by atoms with Crippen molar-refractivity contribution in [3.05, 3.63) is 23.4 Å². The Bertz CT molecular complexity index is 317. The second kappa shape index (κ2) is 4.09. The van der Waals surface area contributed by atoms with Gasteiger partial charge in [-0.3, -0.25) is 4.79 Å². The Morgan fingerprint density at radius 2 is 2.46 bits per heavy atom. The van der Waals surface area contributed by atoms with Crippen LogP contribution >= 0.6 is 11.6 Å². The minimum absolute atomic E-state index is 0.388. The van der Waals surface area contributed by atoms with Crippen LogP contribution in [0.1, 0.15) is 6.92 Å². The van der Waals surface area contributed by atoms with Gasteiger partial charge in [0.25, 0.3) is 0 Å². The highest BCUT2D eigenvalue weighted by Crippen LogP contribution is 2.17. The molecule has 0 bridgehead atoms. The van der Waals surface area contributed by atoms with Crippen LogP contribution in [0.5, 0.6) is 0 Å². The molecule has 0 aromatic carbocycles. The molecule has 1 rings (SSSR count). The maximum atomic E-state index is 10.5. The van der Waals surface area contributed by atoms with E-state index in [0.717, 1.165) is 0 Å². The molecule has 1 heterocycles. The first-order chi connectivity index (χ1) is 6.11. The molecule has 0 amide bonds. The summed E-state index contributed by atoms with van der Waals surface area (Å²) in [4.78, 5) is 14.4. The van der Waals surface area contributed by atoms with Gasteiger partial charge in [0.15, 0.2) is 0 Å². The molecule has 0 aliphatic carbocycles. The van der Waals surface area contributed by atoms with Crippen molar-refractivity contribution >= 4 is 23.4 Å². The molecule has 0 saturated heterocycles. The molecule has 1 aromatic heterocycles. The number of rotatable bonds is 3. The number of aliphatic carboxylic acids is 1. The van der Waals surface area contributed by atoms with E-state index in [0.29, 0.717) is 10.8 Å². The van der Waals surface area contributed by atoms with Gasteiger partial charge in [0, 0.05) is 6.20 Å². The van der Waals surface area contributed by atoms with Crippen LogP contribution in [-0.4, -0.2) is 22.1 Å². The van der Waals surface area contributed by atoms with Crippen molar-refractivity contribution in [3.8, 4) is 0 Å². The van der Waals surface area contributed by atoms with Gasteiger partial charge >= 0.3 is 5.97 Å². The molecular formula is C8H9ClN2O2. The standard InChI is InChI=1S/C8H9ClN2O2/c1-5(8(12)13)11-7-6(9)3-2-4-10-7/h2-5H,1H3,(H,10,11)(H,12,13). The van der Waals surface area contributed by atoms with Gasteiger partial charge in [-0.25, -0.2) is 4.98 Å². The van der Waals surface area contributed by atoms with Crippen molar-refractivity contribution in [2.24, 2.45) is 0 Å². The topological polar surface area (TPSA) is 62.2 Å². The highest BCUT2D eigenvalue weighted by atomic mass is 35.5. The molecule has 2 N–H and O–H groups in total. The third kappa shape index (κ3) is 2.59. The van der Waals surface area contributed by atoms with Crippen LogP contribution in [0, 0.1) is 0 Å². The Kier molecular flexibility index (Phi) is 3.08. The van der Waals surface area contributed by atoms with E-state index in [9.17, 15) is 4.79 Å². The molecule has 5 heteroatoms. The molecule has 1 aromatic rings. The Balaban J connectivity index is 2.74. The van der Waals surface area contributed by atoms with Crippen LogP contribution in [0.4, 0.5) is 5.82 Å². The van der Waals surface area contributed by atoms with Crippen molar-refractivity contribution in [1.82, 2.24) is 4.98 Å². The summed E-state index contributed by atoms with van der Waals surface area (Å²) >= 11 is 5.76. The Hall–Kier alpha value is -1.29. The van der Waals surface area contributed by atoms with Gasteiger partial charge in [-0.05, 0) is 19.1 Å². The number of pyridine rings is 1. The van der Waals surface area contributed by atoms with Crippen molar-refractivity contribution in [3.63, 3.8) is 0 Å². The summed E-state index contributed by atoms with van der Waals surface area (Å²) in [6.07, 6.45) is 1.54. The fourth-order valence-corrected chi connectivity index (χ4v) is 0.935. The first-order valence-corrected chi connectivity index (χ1v) is 4.09. The Morgan fingerprint density at radius 3 is 3.00 bits per heavy atom. The number of aromatic nitrogens is 1. The minimum atomic E-state index is -0.943. The largest absolute Gasteiger partial charge is 0.480 e. The predicted molar refractivity (Wildman–Crippen MR) is 50.0 cm³/mol. The second-order valence-corrected chi connectivity index (χ2v) is 2.95. The third-order valence-corrected chi connectivity index (χ3v) is 1.79. The summed E-state index contributed by atoms with van der Waals surface area (Å²) in [5.74, 6) is -0.555. The molecule has 0 aliphatic rings. The van der Waals surface area contributed by atoms with Gasteiger partial charge in [-0.2, -0.15) is 0 Å². The molecule has 4 nitrogen and oxygen atoms in total. The molecule has 13 heavy (non-hydrogen) atoms. The highest BCUT2D eigenvalue weighted by molar-refractivity contribution is 6.32. The summed E-state index contributed by atoms with van der Waals surface area (Å²) in [6, 6.07) is 2.62. The zero-order valence-corrected chi connectivity index (χ0v) is 7.75. The number of halogens is 1. The van der Waals surface area contributed by atoms with Gasteiger partial charge in [0.05, 0.1) is 5.02 Å². The Labute approximate surface area is 80.6 Å². The molecule has 0 spiro atoms. The van der Waals surface area contributed by atoms with Gasteiger partial charge in [0.1, 0.15) is 11.9 Å². The molecule has 1 atom stereocenters. The lowest BCUT2D eigenvalue weighted by Crippen LogP contribution is -2.25. The van der Waals surface area contributed by atoms with Crippen molar-refractivity contribution in [1.29, 1.82) is 0 Å². The van der Waals surface area contributed by atoms with E-state index in [4.69, 9.17) is 16.7 Å². The van der Waals surface area contributed by atoms with Crippen molar-refractivity contribution < 1.29 is 9.90 Å². The quantitative estimate of drug-likeness (QED) is 0.779. The molecular weight excluding hydrogens is 192 g/mol. The van der Waals surface area contributed by atoms with Crippen LogP contribution in [0.25, 0.3) is 0 Å². The lowest BCUT2D eigenvalue weighted by atomic mass is 10.3. The van der Waals surface area contributed by atoms with Crippen LogP contribution < -0.4 is 5.32 Å². The monoisotopic (exact) mass is 200 g/mol. The lowest BCUT2D eigenvalue weighted by Gasteiger charge is -2.10. The zero-order chi connectivity index (χ0) is 9.84. The van der Waals surface area contributed by atoms with E-state index in [1.165, 1.54) is 6.92 Å². The molecule has 0 aliphatic heterocycles. The minimum Gasteiger partial charge on any atom is -0.480 e. The summed E-state index contributed by atoms with van der Waals surface area (Å²) in [6.45, 7) is 1.52. The van der Waals surface area contributed by atoms with Gasteiger partial charge in [-0.15, -0.1) is 0 Å². The number of carbonyl (C=O) groups is 1. The van der Waals surface area contributed by atoms with Gasteiger partial charge < -0.3 is 10.4 Å². The summed E-state index contributed by atoms with van der Waals surface area (Å²) in [5.41, 5.74) is 0. The molecule has 0 saturated carbocycles. The lowest BCUT2D eigenvalue weighted by molar-refractivity contribution is -0.137. The van der Waals surface area contributed by atoms with Crippen molar-refractivity contribution in [2.45, 2.75) is 13.0 Å². The number of carboxylic acids is 1. The van der Waals surface area contributed by atoms with E-state index < -0.39 is 12.0 Å². The molecule has 0 radical (unpaired) electrons. The van der Waals surface area contributed by atoms with Gasteiger partial charge in [-0.1, -0.05) is 11.6 Å². The predicted octanol–water partition coefficient (Wildman–Crippen LogP) is 1.62. The SMILES string of the molecule is CC(Nc1ncccc1Cl)C(=O)O. The number of hydrogen-bond acceptors (Lipinski definition) is 3.